The third-order valence-corrected chi connectivity index (χ3v) is 15.2. The van der Waals surface area contributed by atoms with Gasteiger partial charge < -0.3 is 18.1 Å². The van der Waals surface area contributed by atoms with Crippen molar-refractivity contribution in [1.82, 2.24) is 0 Å². The molecule has 0 saturated carbocycles. The zero-order valence-electron chi connectivity index (χ0n) is 16.0. The first-order valence-electron chi connectivity index (χ1n) is 8.13. The Morgan fingerprint density at radius 1 is 0.857 bits per heavy atom. The van der Waals surface area contributed by atoms with E-state index in [9.17, 15) is 0 Å². The van der Waals surface area contributed by atoms with Crippen molar-refractivity contribution in [3.63, 3.8) is 0 Å². The van der Waals surface area contributed by atoms with Crippen molar-refractivity contribution < 1.29 is 12.3 Å². The van der Waals surface area contributed by atoms with Crippen molar-refractivity contribution in [3.05, 3.63) is 0 Å². The van der Waals surface area contributed by atoms with Crippen molar-refractivity contribution in [2.24, 2.45) is 5.73 Å². The zero-order valence-corrected chi connectivity index (χ0v) is 20.2. The van der Waals surface area contributed by atoms with Gasteiger partial charge in [0.1, 0.15) is 0 Å². The van der Waals surface area contributed by atoms with E-state index in [0.717, 1.165) is 12.5 Å². The van der Waals surface area contributed by atoms with Gasteiger partial charge in [-0.05, 0) is 71.4 Å². The molecule has 0 aliphatic heterocycles. The number of hydrogen-bond donors (Lipinski definition) is 1. The predicted molar refractivity (Wildman–Crippen MR) is 104 cm³/mol. The fourth-order valence-electron chi connectivity index (χ4n) is 2.08. The van der Waals surface area contributed by atoms with Crippen LogP contribution in [-0.4, -0.2) is 41.0 Å². The maximum Gasteiger partial charge on any atom is 0.315 e. The van der Waals surface area contributed by atoms with Gasteiger partial charge in [-0.3, -0.25) is 0 Å². The lowest BCUT2D eigenvalue weighted by atomic mass is 10.5. The Balaban J connectivity index is 0. The molecule has 0 aromatic rings. The minimum atomic E-state index is -2.13. The number of nitrogens with two attached hydrogens (primary N) is 1. The fraction of sp³-hybridized carbons (Fsp3) is 1.00. The fourth-order valence-corrected chi connectivity index (χ4v) is 17.0. The Bertz CT molecular complexity index is 269. The second kappa shape index (κ2) is 10.5. The molecular weight excluding hydrogens is 330 g/mol. The van der Waals surface area contributed by atoms with Crippen LogP contribution in [0.3, 0.4) is 0 Å². The molecule has 0 aliphatic rings. The molecule has 0 bridgehead atoms. The summed E-state index contributed by atoms with van der Waals surface area (Å²) in [5, 5.41) is 0. The monoisotopic (exact) mass is 369 g/mol. The molecule has 4 nitrogen and oxygen atoms in total. The number of hydrogen-bond acceptors (Lipinski definition) is 4. The van der Waals surface area contributed by atoms with E-state index in [0.29, 0.717) is 6.54 Å². The van der Waals surface area contributed by atoms with Crippen LogP contribution in [0.15, 0.2) is 0 Å². The Hall–Kier alpha value is 0.708. The molecule has 0 heterocycles. The second-order valence-electron chi connectivity index (χ2n) is 7.16. The Kier molecular flexibility index (Phi) is 12.0. The summed E-state index contributed by atoms with van der Waals surface area (Å²) >= 11 is 0. The summed E-state index contributed by atoms with van der Waals surface area (Å²) in [5.41, 5.74) is 5.64. The van der Waals surface area contributed by atoms with Gasteiger partial charge in [-0.15, -0.1) is 0 Å². The molecule has 2 unspecified atom stereocenters. The van der Waals surface area contributed by atoms with Crippen molar-refractivity contribution in [2.75, 3.05) is 6.54 Å². The van der Waals surface area contributed by atoms with Crippen molar-refractivity contribution in [3.8, 4) is 0 Å². The van der Waals surface area contributed by atoms with E-state index < -0.39 is 34.5 Å². The number of rotatable bonds is 9. The molecular formula is C13H39NO3Si4. The van der Waals surface area contributed by atoms with Gasteiger partial charge in [-0.1, -0.05) is 13.8 Å². The van der Waals surface area contributed by atoms with E-state index in [1.54, 1.807) is 0 Å². The lowest BCUT2D eigenvalue weighted by molar-refractivity contribution is 0.342. The molecule has 0 fully saturated rings. The first kappa shape index (κ1) is 24.0. The molecule has 21 heavy (non-hydrogen) atoms. The lowest BCUT2D eigenvalue weighted by Crippen LogP contribution is -2.52. The Morgan fingerprint density at radius 2 is 1.33 bits per heavy atom. The summed E-state index contributed by atoms with van der Waals surface area (Å²) in [5.74, 6) is 0. The summed E-state index contributed by atoms with van der Waals surface area (Å²) in [6, 6.07) is 0.972. The van der Waals surface area contributed by atoms with Crippen molar-refractivity contribution in [1.29, 1.82) is 0 Å². The summed E-state index contributed by atoms with van der Waals surface area (Å²) in [4.78, 5) is 0. The molecule has 8 heteroatoms. The Morgan fingerprint density at radius 3 is 1.67 bits per heavy atom. The third kappa shape index (κ3) is 15.4. The van der Waals surface area contributed by atoms with E-state index in [1.807, 2.05) is 13.8 Å². The molecule has 0 saturated heterocycles. The average Bonchev–Trinajstić information content (AvgIpc) is 2.23. The first-order chi connectivity index (χ1) is 9.37. The van der Waals surface area contributed by atoms with Crippen LogP contribution in [0, 0.1) is 0 Å². The minimum absolute atomic E-state index is 0.700. The zero-order chi connectivity index (χ0) is 17.3. The van der Waals surface area contributed by atoms with E-state index in [1.165, 1.54) is 0 Å². The van der Waals surface area contributed by atoms with Crippen LogP contribution in [0.4, 0.5) is 0 Å². The van der Waals surface area contributed by atoms with Crippen LogP contribution < -0.4 is 5.73 Å². The van der Waals surface area contributed by atoms with E-state index >= 15 is 0 Å². The second-order valence-corrected chi connectivity index (χ2v) is 22.2. The van der Waals surface area contributed by atoms with Gasteiger partial charge in [0, 0.05) is 0 Å². The summed E-state index contributed by atoms with van der Waals surface area (Å²) in [6.07, 6.45) is 0.973. The molecule has 0 amide bonds. The van der Waals surface area contributed by atoms with E-state index in [4.69, 9.17) is 18.1 Å². The summed E-state index contributed by atoms with van der Waals surface area (Å²) in [6.45, 7) is 22.3. The summed E-state index contributed by atoms with van der Waals surface area (Å²) in [7, 11) is -6.85. The van der Waals surface area contributed by atoms with Crippen LogP contribution in [0.1, 0.15) is 20.3 Å². The molecule has 0 rings (SSSR count). The highest BCUT2D eigenvalue weighted by atomic mass is 28.5. The SMILES string of the molecule is CC.C[SiH](O[Si](C)(C)C)O[Si](C)(CCCN)O[Si](C)(C)C. The highest BCUT2D eigenvalue weighted by Gasteiger charge is 2.38. The smallest absolute Gasteiger partial charge is 0.315 e. The van der Waals surface area contributed by atoms with Gasteiger partial charge in [0.2, 0.25) is 0 Å². The van der Waals surface area contributed by atoms with Crippen molar-refractivity contribution >= 4 is 34.5 Å². The maximum absolute atomic E-state index is 6.38. The van der Waals surface area contributed by atoms with E-state index in [-0.39, 0.29) is 0 Å². The Labute approximate surface area is 138 Å². The van der Waals surface area contributed by atoms with Gasteiger partial charge in [-0.25, -0.2) is 0 Å². The van der Waals surface area contributed by atoms with Gasteiger partial charge >= 0.3 is 8.56 Å². The quantitative estimate of drug-likeness (QED) is 0.624. The molecule has 0 spiro atoms. The standard InChI is InChI=1S/C11H33NO3Si4.C2H6/c1-16(13-17(2,3)4)14-19(8,11-9-10-12)15-18(5,6)7;1-2/h16H,9-12H2,1-8H3;1-2H3. The normalized spacial score (nSPS) is 16.7. The highest BCUT2D eigenvalue weighted by molar-refractivity contribution is 6.85. The van der Waals surface area contributed by atoms with Gasteiger partial charge in [0.15, 0.2) is 16.6 Å². The first-order valence-corrected chi connectivity index (χ1v) is 19.6. The van der Waals surface area contributed by atoms with Gasteiger partial charge in [-0.2, -0.15) is 0 Å². The molecule has 2 N–H and O–H groups in total. The molecule has 0 aromatic heterocycles. The molecule has 0 radical (unpaired) electrons. The van der Waals surface area contributed by atoms with Crippen LogP contribution in [0.2, 0.25) is 58.4 Å². The molecule has 2 atom stereocenters. The maximum atomic E-state index is 6.38. The van der Waals surface area contributed by atoms with Crippen LogP contribution in [0.25, 0.3) is 0 Å². The van der Waals surface area contributed by atoms with Gasteiger partial charge in [0.05, 0.1) is 0 Å². The molecule has 0 aromatic carbocycles. The van der Waals surface area contributed by atoms with Crippen LogP contribution in [-0.2, 0) is 12.3 Å². The molecule has 130 valence electrons. The topological polar surface area (TPSA) is 53.7 Å². The molecule has 0 aliphatic carbocycles. The van der Waals surface area contributed by atoms with Gasteiger partial charge in [0.25, 0.3) is 9.28 Å². The minimum Gasteiger partial charge on any atom is -0.439 e. The largest absolute Gasteiger partial charge is 0.439 e. The lowest BCUT2D eigenvalue weighted by Gasteiger charge is -2.37. The van der Waals surface area contributed by atoms with E-state index in [2.05, 4.69) is 52.4 Å². The van der Waals surface area contributed by atoms with Crippen LogP contribution in [0.5, 0.6) is 0 Å². The third-order valence-electron chi connectivity index (χ3n) is 2.29. The highest BCUT2D eigenvalue weighted by Crippen LogP contribution is 2.23. The van der Waals surface area contributed by atoms with Crippen LogP contribution >= 0.6 is 0 Å². The average molecular weight is 370 g/mol. The predicted octanol–water partition coefficient (Wildman–Crippen LogP) is 4.00. The van der Waals surface area contributed by atoms with Crippen molar-refractivity contribution in [2.45, 2.75) is 78.7 Å². The summed E-state index contributed by atoms with van der Waals surface area (Å²) < 4.78 is 18.8.